The van der Waals surface area contributed by atoms with Crippen molar-refractivity contribution in [1.82, 2.24) is 0 Å². The minimum absolute atomic E-state index is 1.33. The zero-order valence-corrected chi connectivity index (χ0v) is 15.3. The summed E-state index contributed by atoms with van der Waals surface area (Å²) in [6, 6.07) is 0. The summed E-state index contributed by atoms with van der Waals surface area (Å²) in [5.41, 5.74) is 0. The monoisotopic (exact) mass is 490 g/mol. The summed E-state index contributed by atoms with van der Waals surface area (Å²) >= 11 is 0. The Balaban J connectivity index is 5.39. The number of rotatable bonds is 8. The second-order valence-corrected chi connectivity index (χ2v) is 4.32. The molecule has 0 spiro atoms. The first kappa shape index (κ1) is 27.9. The van der Waals surface area contributed by atoms with Crippen LogP contribution in [-0.4, -0.2) is 95.5 Å². The fourth-order valence-corrected chi connectivity index (χ4v) is 1.25. The van der Waals surface area contributed by atoms with Crippen LogP contribution < -0.4 is 0 Å². The lowest BCUT2D eigenvalue weighted by Gasteiger charge is -2.22. The molecule has 0 heterocycles. The van der Waals surface area contributed by atoms with Crippen LogP contribution in [0.5, 0.6) is 0 Å². The van der Waals surface area contributed by atoms with Gasteiger partial charge >= 0.3 is 49.2 Å². The van der Waals surface area contributed by atoms with E-state index < -0.39 is 75.0 Å². The summed E-state index contributed by atoms with van der Waals surface area (Å²) in [4.78, 5) is 85.8. The van der Waals surface area contributed by atoms with Gasteiger partial charge in [-0.2, -0.15) is 0 Å². The highest BCUT2D eigenvalue weighted by molar-refractivity contribution is 5.77. The predicted octanol–water partition coefficient (Wildman–Crippen LogP) is 0.980. The Bertz CT molecular complexity index is 718. The molecule has 21 heteroatoms. The minimum Gasteiger partial charge on any atom is -0.449 e. The molecule has 184 valence electrons. The molecular weight excluding hydrogens is 480 g/mol. The van der Waals surface area contributed by atoms with E-state index >= 15 is 0 Å². The summed E-state index contributed by atoms with van der Waals surface area (Å²) in [6.07, 6.45) is -21.3. The van der Waals surface area contributed by atoms with Gasteiger partial charge in [-0.1, -0.05) is 0 Å². The molecule has 2 atom stereocenters. The lowest BCUT2D eigenvalue weighted by atomic mass is 10.6. The fourth-order valence-electron chi connectivity index (χ4n) is 1.25. The quantitative estimate of drug-likeness (QED) is 0.159. The number of carbonyl (C=O) groups is 8. The molecular formula is C12H10O21. The average molecular weight is 490 g/mol. The third-order valence-electron chi connectivity index (χ3n) is 2.12. The number of hydrogen-bond acceptors (Lipinski definition) is 17. The van der Waals surface area contributed by atoms with Gasteiger partial charge in [0.15, 0.2) is 13.2 Å². The Hall–Kier alpha value is -5.08. The zero-order valence-electron chi connectivity index (χ0n) is 15.3. The van der Waals surface area contributed by atoms with E-state index in [9.17, 15) is 38.4 Å². The summed E-state index contributed by atoms with van der Waals surface area (Å²) in [5.74, 6) is 0. The van der Waals surface area contributed by atoms with Gasteiger partial charge in [0.1, 0.15) is 0 Å². The van der Waals surface area contributed by atoms with Gasteiger partial charge in [0.25, 0.3) is 0 Å². The summed E-state index contributed by atoms with van der Waals surface area (Å²) in [6.45, 7) is -2.65. The van der Waals surface area contributed by atoms with Gasteiger partial charge < -0.3 is 58.3 Å². The third-order valence-corrected chi connectivity index (χ3v) is 2.12. The minimum atomic E-state index is -2.35. The van der Waals surface area contributed by atoms with Crippen molar-refractivity contribution in [3.8, 4) is 0 Å². The first-order valence-corrected chi connectivity index (χ1v) is 7.31. The Morgan fingerprint density at radius 3 is 1.03 bits per heavy atom. The largest absolute Gasteiger partial charge is 0.521 e. The molecule has 4 N–H and O–H groups in total. The van der Waals surface area contributed by atoms with E-state index in [1.165, 1.54) is 0 Å². The molecule has 0 fully saturated rings. The van der Waals surface area contributed by atoms with Crippen molar-refractivity contribution in [2.45, 2.75) is 12.6 Å². The molecule has 0 aliphatic heterocycles. The normalized spacial score (nSPS) is 11.4. The predicted molar refractivity (Wildman–Crippen MR) is 80.8 cm³/mol. The van der Waals surface area contributed by atoms with Gasteiger partial charge in [0.2, 0.25) is 12.6 Å². The van der Waals surface area contributed by atoms with E-state index in [0.717, 1.165) is 0 Å². The van der Waals surface area contributed by atoms with Gasteiger partial charge in [-0.25, -0.2) is 38.4 Å². The molecule has 0 amide bonds. The van der Waals surface area contributed by atoms with Gasteiger partial charge in [-0.05, 0) is 0 Å². The van der Waals surface area contributed by atoms with Crippen LogP contribution in [-0.2, 0) is 42.6 Å². The van der Waals surface area contributed by atoms with E-state index in [1.54, 1.807) is 0 Å². The average Bonchev–Trinajstić information content (AvgIpc) is 2.61. The highest BCUT2D eigenvalue weighted by atomic mass is 16.9. The molecule has 0 aromatic rings. The van der Waals surface area contributed by atoms with Crippen LogP contribution in [0, 0.1) is 0 Å². The second kappa shape index (κ2) is 14.0. The molecule has 0 saturated carbocycles. The van der Waals surface area contributed by atoms with Crippen molar-refractivity contribution >= 4 is 49.2 Å². The molecule has 0 aromatic carbocycles. The third kappa shape index (κ3) is 15.4. The SMILES string of the molecule is O=C(O)OC(=O)OCC(OC(=O)OC(=O)O)OC(COC(=O)OC(=O)O)OC(=O)OC(=O)O. The van der Waals surface area contributed by atoms with Gasteiger partial charge in [-0.3, -0.25) is 4.74 Å². The Morgan fingerprint density at radius 1 is 0.485 bits per heavy atom. The maximum Gasteiger partial charge on any atom is 0.521 e. The van der Waals surface area contributed by atoms with Crippen molar-refractivity contribution < 1.29 is 101 Å². The van der Waals surface area contributed by atoms with E-state index in [-0.39, 0.29) is 0 Å². The van der Waals surface area contributed by atoms with E-state index in [2.05, 4.69) is 42.6 Å². The summed E-state index contributed by atoms with van der Waals surface area (Å²) < 4.78 is 35.5. The van der Waals surface area contributed by atoms with Crippen molar-refractivity contribution in [2.75, 3.05) is 13.2 Å². The maximum atomic E-state index is 11.3. The van der Waals surface area contributed by atoms with E-state index in [1.807, 2.05) is 0 Å². The first-order valence-electron chi connectivity index (χ1n) is 7.31. The topological polar surface area (TPSA) is 301 Å². The van der Waals surface area contributed by atoms with Crippen LogP contribution in [0.4, 0.5) is 38.4 Å². The molecule has 0 aliphatic rings. The lowest BCUT2D eigenvalue weighted by molar-refractivity contribution is -0.237. The van der Waals surface area contributed by atoms with Crippen LogP contribution in [0.25, 0.3) is 0 Å². The van der Waals surface area contributed by atoms with Crippen molar-refractivity contribution in [1.29, 1.82) is 0 Å². The Labute approximate surface area is 177 Å². The molecule has 0 rings (SSSR count). The second-order valence-electron chi connectivity index (χ2n) is 4.32. The maximum absolute atomic E-state index is 11.3. The highest BCUT2D eigenvalue weighted by Gasteiger charge is 2.29. The standard InChI is InChI=1S/C12H10O21/c13-5(14)30-9(21)25-1-3(28-11(23)32-7(17)18)27-4(29-12(24)33-8(19)20)2-26-10(22)31-6(15)16/h3-4H,1-2H2,(H,13,14)(H,15,16)(H,17,18)(H,19,20). The van der Waals surface area contributed by atoms with Crippen LogP contribution in [0.1, 0.15) is 0 Å². The van der Waals surface area contributed by atoms with Crippen LogP contribution >= 0.6 is 0 Å². The van der Waals surface area contributed by atoms with Crippen LogP contribution in [0.2, 0.25) is 0 Å². The van der Waals surface area contributed by atoms with Crippen molar-refractivity contribution in [3.63, 3.8) is 0 Å². The molecule has 0 aliphatic carbocycles. The molecule has 21 nitrogen and oxygen atoms in total. The lowest BCUT2D eigenvalue weighted by Crippen LogP contribution is -2.38. The van der Waals surface area contributed by atoms with E-state index in [4.69, 9.17) is 20.4 Å². The van der Waals surface area contributed by atoms with E-state index in [0.29, 0.717) is 0 Å². The number of carbonyl (C=O) groups excluding carboxylic acids is 4. The van der Waals surface area contributed by atoms with Gasteiger partial charge in [-0.15, -0.1) is 0 Å². The van der Waals surface area contributed by atoms with Crippen molar-refractivity contribution in [2.24, 2.45) is 0 Å². The highest BCUT2D eigenvalue weighted by Crippen LogP contribution is 2.09. The molecule has 0 saturated heterocycles. The first-order chi connectivity index (χ1) is 15.3. The summed E-state index contributed by atoms with van der Waals surface area (Å²) in [7, 11) is 0. The van der Waals surface area contributed by atoms with Gasteiger partial charge in [0, 0.05) is 0 Å². The summed E-state index contributed by atoms with van der Waals surface area (Å²) in [5, 5.41) is 33.1. The molecule has 0 aromatic heterocycles. The molecule has 2 unspecified atom stereocenters. The van der Waals surface area contributed by atoms with Gasteiger partial charge in [0.05, 0.1) is 0 Å². The molecule has 0 bridgehead atoms. The van der Waals surface area contributed by atoms with Crippen LogP contribution in [0.15, 0.2) is 0 Å². The Kier molecular flexibility index (Phi) is 11.9. The number of carboxylic acid groups (broad SMARTS) is 4. The van der Waals surface area contributed by atoms with Crippen molar-refractivity contribution in [3.05, 3.63) is 0 Å². The number of hydrogen-bond donors (Lipinski definition) is 4. The smallest absolute Gasteiger partial charge is 0.449 e. The number of ether oxygens (including phenoxy) is 9. The zero-order chi connectivity index (χ0) is 25.6. The molecule has 33 heavy (non-hydrogen) atoms. The molecule has 0 radical (unpaired) electrons. The fraction of sp³-hybridized carbons (Fsp3) is 0.333. The van der Waals surface area contributed by atoms with Crippen LogP contribution in [0.3, 0.4) is 0 Å². The Morgan fingerprint density at radius 2 is 0.758 bits per heavy atom.